The van der Waals surface area contributed by atoms with Crippen LogP contribution in [0.4, 0.5) is 4.79 Å². The molecule has 0 aromatic carbocycles. The lowest BCUT2D eigenvalue weighted by Gasteiger charge is -2.09. The van der Waals surface area contributed by atoms with Crippen LogP contribution >= 0.6 is 0 Å². The largest absolute Gasteiger partial charge is 0.463 e. The Kier molecular flexibility index (Phi) is 7.44. The average molecular weight is 315 g/mol. The highest BCUT2D eigenvalue weighted by Gasteiger charge is 2.29. The van der Waals surface area contributed by atoms with E-state index in [0.717, 1.165) is 6.08 Å². The predicted molar refractivity (Wildman–Crippen MR) is 70.6 cm³/mol. The van der Waals surface area contributed by atoms with Gasteiger partial charge in [-0.2, -0.15) is 0 Å². The second kappa shape index (κ2) is 9.37. The lowest BCUT2D eigenvalue weighted by atomic mass is 10.3. The van der Waals surface area contributed by atoms with Crippen molar-refractivity contribution in [2.75, 3.05) is 26.4 Å². The molecule has 1 fully saturated rings. The molecule has 1 aliphatic rings. The van der Waals surface area contributed by atoms with Crippen LogP contribution in [-0.4, -0.2) is 56.5 Å². The van der Waals surface area contributed by atoms with E-state index in [4.69, 9.17) is 9.47 Å². The molecule has 0 aromatic heterocycles. The molecule has 1 aliphatic heterocycles. The predicted octanol–water partition coefficient (Wildman–Crippen LogP) is -0.309. The number of esters is 3. The van der Waals surface area contributed by atoms with Crippen molar-refractivity contribution in [2.45, 2.75) is 18.9 Å². The first-order chi connectivity index (χ1) is 10.5. The van der Waals surface area contributed by atoms with Gasteiger partial charge in [0.25, 0.3) is 0 Å². The summed E-state index contributed by atoms with van der Waals surface area (Å²) in [7, 11) is 0. The van der Waals surface area contributed by atoms with Crippen LogP contribution in [0.3, 0.4) is 0 Å². The SMILES string of the molecule is C=CC(=O)OCCNC(=O)OCCC(=O)OC1CCOC1=O. The van der Waals surface area contributed by atoms with E-state index in [1.807, 2.05) is 0 Å². The van der Waals surface area contributed by atoms with Crippen LogP contribution in [0.2, 0.25) is 0 Å². The van der Waals surface area contributed by atoms with Crippen LogP contribution in [0, 0.1) is 0 Å². The van der Waals surface area contributed by atoms with Gasteiger partial charge in [-0.1, -0.05) is 6.58 Å². The molecule has 1 atom stereocenters. The molecule has 1 saturated heterocycles. The normalized spacial score (nSPS) is 16.4. The minimum absolute atomic E-state index is 0.0220. The van der Waals surface area contributed by atoms with E-state index in [1.165, 1.54) is 0 Å². The van der Waals surface area contributed by atoms with Gasteiger partial charge in [-0.3, -0.25) is 4.79 Å². The molecular weight excluding hydrogens is 298 g/mol. The minimum Gasteiger partial charge on any atom is -0.463 e. The summed E-state index contributed by atoms with van der Waals surface area (Å²) in [5.41, 5.74) is 0. The van der Waals surface area contributed by atoms with E-state index in [9.17, 15) is 19.2 Å². The van der Waals surface area contributed by atoms with Gasteiger partial charge in [0.05, 0.1) is 19.6 Å². The summed E-state index contributed by atoms with van der Waals surface area (Å²) in [4.78, 5) is 44.4. The van der Waals surface area contributed by atoms with Gasteiger partial charge in [0.1, 0.15) is 13.2 Å². The van der Waals surface area contributed by atoms with Crippen molar-refractivity contribution in [1.82, 2.24) is 5.32 Å². The van der Waals surface area contributed by atoms with Gasteiger partial charge in [-0.25, -0.2) is 14.4 Å². The standard InChI is InChI=1S/C13H17NO8/c1-2-10(15)19-8-5-14-13(18)21-7-4-11(16)22-9-3-6-20-12(9)17/h2,9H,1,3-8H2,(H,14,18). The fraction of sp³-hybridized carbons (Fsp3) is 0.538. The first-order valence-corrected chi connectivity index (χ1v) is 6.59. The summed E-state index contributed by atoms with van der Waals surface area (Å²) in [6.07, 6.45) is -0.481. The van der Waals surface area contributed by atoms with Gasteiger partial charge < -0.3 is 24.3 Å². The smallest absolute Gasteiger partial charge is 0.407 e. The number of carbonyl (C=O) groups excluding carboxylic acids is 4. The molecule has 1 heterocycles. The van der Waals surface area contributed by atoms with Crippen LogP contribution < -0.4 is 5.32 Å². The molecular formula is C13H17NO8. The molecule has 1 N–H and O–H groups in total. The van der Waals surface area contributed by atoms with Crippen LogP contribution in [-0.2, 0) is 33.3 Å². The molecule has 0 radical (unpaired) electrons. The average Bonchev–Trinajstić information content (AvgIpc) is 2.88. The quantitative estimate of drug-likeness (QED) is 0.280. The molecule has 122 valence electrons. The van der Waals surface area contributed by atoms with E-state index in [1.54, 1.807) is 0 Å². The first-order valence-electron chi connectivity index (χ1n) is 6.59. The molecule has 1 amide bonds. The number of alkyl carbamates (subject to hydrolysis) is 1. The van der Waals surface area contributed by atoms with Crippen molar-refractivity contribution in [3.8, 4) is 0 Å². The Morgan fingerprint density at radius 3 is 2.73 bits per heavy atom. The minimum atomic E-state index is -0.874. The summed E-state index contributed by atoms with van der Waals surface area (Å²) in [5, 5.41) is 2.32. The zero-order valence-electron chi connectivity index (χ0n) is 11.9. The topological polar surface area (TPSA) is 117 Å². The second-order valence-corrected chi connectivity index (χ2v) is 4.12. The van der Waals surface area contributed by atoms with Crippen LogP contribution in [0.15, 0.2) is 12.7 Å². The Morgan fingerprint density at radius 1 is 1.32 bits per heavy atom. The maximum atomic E-state index is 11.4. The fourth-order valence-corrected chi connectivity index (χ4v) is 1.44. The monoisotopic (exact) mass is 315 g/mol. The number of hydrogen-bond donors (Lipinski definition) is 1. The van der Waals surface area contributed by atoms with E-state index in [-0.39, 0.29) is 32.8 Å². The number of rotatable bonds is 8. The van der Waals surface area contributed by atoms with E-state index in [2.05, 4.69) is 21.4 Å². The summed E-state index contributed by atoms with van der Waals surface area (Å²) in [5.74, 6) is -1.82. The molecule has 0 aliphatic carbocycles. The third kappa shape index (κ3) is 6.73. The Morgan fingerprint density at radius 2 is 2.09 bits per heavy atom. The summed E-state index contributed by atoms with van der Waals surface area (Å²) in [6, 6.07) is 0. The number of amides is 1. The maximum Gasteiger partial charge on any atom is 0.407 e. The highest BCUT2D eigenvalue weighted by atomic mass is 16.6. The van der Waals surface area contributed by atoms with Crippen molar-refractivity contribution < 1.29 is 38.1 Å². The molecule has 9 nitrogen and oxygen atoms in total. The Hall–Kier alpha value is -2.58. The third-order valence-electron chi connectivity index (χ3n) is 2.48. The van der Waals surface area contributed by atoms with Crippen molar-refractivity contribution in [2.24, 2.45) is 0 Å². The van der Waals surface area contributed by atoms with Crippen molar-refractivity contribution >= 4 is 24.0 Å². The zero-order chi connectivity index (χ0) is 16.4. The Balaban J connectivity index is 2.04. The molecule has 1 rings (SSSR count). The van der Waals surface area contributed by atoms with Crippen molar-refractivity contribution in [1.29, 1.82) is 0 Å². The fourth-order valence-electron chi connectivity index (χ4n) is 1.44. The highest BCUT2D eigenvalue weighted by molar-refractivity contribution is 5.81. The molecule has 0 spiro atoms. The lowest BCUT2D eigenvalue weighted by molar-refractivity contribution is -0.160. The van der Waals surface area contributed by atoms with Gasteiger partial charge in [0.2, 0.25) is 6.10 Å². The molecule has 0 saturated carbocycles. The second-order valence-electron chi connectivity index (χ2n) is 4.12. The Labute approximate surface area is 126 Å². The van der Waals surface area contributed by atoms with Gasteiger partial charge >= 0.3 is 24.0 Å². The van der Waals surface area contributed by atoms with Crippen LogP contribution in [0.25, 0.3) is 0 Å². The third-order valence-corrected chi connectivity index (χ3v) is 2.48. The summed E-state index contributed by atoms with van der Waals surface area (Å²) in [6.45, 7) is 3.29. The number of carbonyl (C=O) groups is 4. The van der Waals surface area contributed by atoms with E-state index in [0.29, 0.717) is 6.42 Å². The van der Waals surface area contributed by atoms with Crippen molar-refractivity contribution in [3.63, 3.8) is 0 Å². The first kappa shape index (κ1) is 17.5. The number of hydrogen-bond acceptors (Lipinski definition) is 8. The molecule has 9 heteroatoms. The van der Waals surface area contributed by atoms with Gasteiger partial charge in [-0.05, 0) is 0 Å². The highest BCUT2D eigenvalue weighted by Crippen LogP contribution is 2.10. The number of cyclic esters (lactones) is 1. The van der Waals surface area contributed by atoms with Gasteiger partial charge in [0.15, 0.2) is 0 Å². The van der Waals surface area contributed by atoms with E-state index < -0.39 is 30.1 Å². The zero-order valence-corrected chi connectivity index (χ0v) is 11.9. The number of ether oxygens (including phenoxy) is 4. The maximum absolute atomic E-state index is 11.4. The molecule has 22 heavy (non-hydrogen) atoms. The lowest BCUT2D eigenvalue weighted by Crippen LogP contribution is -2.29. The van der Waals surface area contributed by atoms with Crippen molar-refractivity contribution in [3.05, 3.63) is 12.7 Å². The molecule has 1 unspecified atom stereocenters. The summed E-state index contributed by atoms with van der Waals surface area (Å²) >= 11 is 0. The van der Waals surface area contributed by atoms with E-state index >= 15 is 0 Å². The number of nitrogens with one attached hydrogen (secondary N) is 1. The molecule has 0 aromatic rings. The van der Waals surface area contributed by atoms with Gasteiger partial charge in [-0.15, -0.1) is 0 Å². The Bertz CT molecular complexity index is 447. The molecule has 0 bridgehead atoms. The summed E-state index contributed by atoms with van der Waals surface area (Å²) < 4.78 is 18.8. The van der Waals surface area contributed by atoms with Crippen LogP contribution in [0.5, 0.6) is 0 Å². The van der Waals surface area contributed by atoms with Gasteiger partial charge in [0, 0.05) is 12.5 Å². The van der Waals surface area contributed by atoms with Crippen LogP contribution in [0.1, 0.15) is 12.8 Å².